The molecule has 1 aliphatic carbocycles. The summed E-state index contributed by atoms with van der Waals surface area (Å²) in [5.41, 5.74) is 15.7. The molecule has 14 nitrogen and oxygen atoms in total. The number of guanidine groups is 2. The van der Waals surface area contributed by atoms with Crippen molar-refractivity contribution in [1.82, 2.24) is 20.4 Å². The number of carbonyl (C=O) groups excluding carboxylic acids is 3. The van der Waals surface area contributed by atoms with Crippen molar-refractivity contribution in [2.75, 3.05) is 24.5 Å². The highest BCUT2D eigenvalue weighted by molar-refractivity contribution is 6.12. The van der Waals surface area contributed by atoms with Gasteiger partial charge in [-0.1, -0.05) is 54.6 Å². The van der Waals surface area contributed by atoms with Gasteiger partial charge in [0.05, 0.1) is 12.6 Å². The maximum Gasteiger partial charge on any atom is 0.331 e. The lowest BCUT2D eigenvalue weighted by Crippen LogP contribution is -2.78. The Labute approximate surface area is 263 Å². The molecule has 8 N–H and O–H groups in total. The number of carbonyl (C=O) groups is 3. The van der Waals surface area contributed by atoms with Crippen LogP contribution in [0, 0.1) is 0 Å². The van der Waals surface area contributed by atoms with Crippen LogP contribution in [0.15, 0.2) is 82.8 Å². The lowest BCUT2D eigenvalue weighted by molar-refractivity contribution is -0.230. The number of para-hydroxylation sites is 1. The van der Waals surface area contributed by atoms with Gasteiger partial charge in [0.1, 0.15) is 18.6 Å². The molecule has 4 heterocycles. The fraction of sp³-hybridized carbons (Fsp3) is 0.281. The number of aliphatic hydroxyl groups is 2. The third kappa shape index (κ3) is 3.80. The maximum absolute atomic E-state index is 13.8. The van der Waals surface area contributed by atoms with Gasteiger partial charge in [-0.25, -0.2) is 14.8 Å². The van der Waals surface area contributed by atoms with Crippen LogP contribution < -0.4 is 27.0 Å². The highest BCUT2D eigenvalue weighted by atomic mass is 16.5. The van der Waals surface area contributed by atoms with E-state index in [-0.39, 0.29) is 31.6 Å². The predicted octanol–water partition coefficient (Wildman–Crippen LogP) is -0.499. The Morgan fingerprint density at radius 2 is 1.72 bits per heavy atom. The second kappa shape index (κ2) is 9.76. The van der Waals surface area contributed by atoms with Crippen molar-refractivity contribution in [3.8, 4) is 11.1 Å². The van der Waals surface area contributed by atoms with E-state index < -0.39 is 47.4 Å². The second-order valence-corrected chi connectivity index (χ2v) is 12.1. The molecule has 1 spiro atoms. The molecule has 2 fully saturated rings. The van der Waals surface area contributed by atoms with Gasteiger partial charge in [0.2, 0.25) is 5.79 Å². The summed E-state index contributed by atoms with van der Waals surface area (Å²) < 4.78 is 0. The molecule has 3 aromatic rings. The van der Waals surface area contributed by atoms with Crippen LogP contribution in [0.1, 0.15) is 21.5 Å². The maximum atomic E-state index is 13.8. The standard InChI is InChI=1S/C32H31N9O5/c33-28-37-26-23(14-40-25(42)16-39(30(40)44)18-8-2-1-3-9-18)35-29(34)41-15-24(32(45,46)31(26,41)38-28)36-27(43)21-12-6-11-20-19-10-5-4-7-17(19)13-22(20)21/h1-12,23-24,26,45-46H,13-16H2,(H2,34,35)(H,36,43)(H3,33,37,38)/t23-,24?,26-,31-/m0/s1. The molecular formula is C32H31N9O5. The largest absolute Gasteiger partial charge is 0.370 e. The molecule has 0 bridgehead atoms. The Balaban J connectivity index is 1.07. The van der Waals surface area contributed by atoms with E-state index in [1.165, 1.54) is 9.80 Å². The SMILES string of the molecule is NC1=N[C@H]2[C@H](CN3C(=O)CN(c4ccccc4)C3=O)N=C(N)N3CC(NC(=O)c4cccc5c4Cc4ccccc4-5)C(O)(O)[C@]23N1. The minimum Gasteiger partial charge on any atom is -0.370 e. The Hall–Kier alpha value is -5.47. The summed E-state index contributed by atoms with van der Waals surface area (Å²) >= 11 is 0. The Bertz CT molecular complexity index is 1880. The highest BCUT2D eigenvalue weighted by Gasteiger charge is 2.73. The number of aliphatic imine (C=N–C) groups is 2. The zero-order valence-electron chi connectivity index (χ0n) is 24.5. The van der Waals surface area contributed by atoms with Crippen molar-refractivity contribution in [2.45, 2.75) is 36.0 Å². The summed E-state index contributed by atoms with van der Waals surface area (Å²) in [7, 11) is 0. The van der Waals surface area contributed by atoms with Gasteiger partial charge < -0.3 is 37.2 Å². The van der Waals surface area contributed by atoms with Crippen LogP contribution in [0.25, 0.3) is 11.1 Å². The molecule has 234 valence electrons. The molecule has 2 saturated heterocycles. The van der Waals surface area contributed by atoms with Crippen molar-refractivity contribution in [2.24, 2.45) is 21.5 Å². The Morgan fingerprint density at radius 3 is 2.52 bits per heavy atom. The van der Waals surface area contributed by atoms with Crippen LogP contribution >= 0.6 is 0 Å². The van der Waals surface area contributed by atoms with Crippen molar-refractivity contribution >= 4 is 35.5 Å². The number of imide groups is 1. The summed E-state index contributed by atoms with van der Waals surface area (Å²) in [5, 5.41) is 29.5. The fourth-order valence-corrected chi connectivity index (χ4v) is 7.56. The number of anilines is 1. The van der Waals surface area contributed by atoms with Crippen LogP contribution in [0.4, 0.5) is 10.5 Å². The number of benzene rings is 3. The molecular weight excluding hydrogens is 590 g/mol. The summed E-state index contributed by atoms with van der Waals surface area (Å²) in [5.74, 6) is -3.79. The number of fused-ring (bicyclic) bond motifs is 3. The van der Waals surface area contributed by atoms with Gasteiger partial charge in [0.15, 0.2) is 17.6 Å². The van der Waals surface area contributed by atoms with Crippen LogP contribution in [-0.2, 0) is 11.2 Å². The second-order valence-electron chi connectivity index (χ2n) is 12.1. The third-order valence-electron chi connectivity index (χ3n) is 9.70. The van der Waals surface area contributed by atoms with Crippen molar-refractivity contribution in [3.63, 3.8) is 0 Å². The van der Waals surface area contributed by atoms with Gasteiger partial charge in [0.25, 0.3) is 11.8 Å². The first-order valence-electron chi connectivity index (χ1n) is 14.9. The molecule has 4 amide bonds. The molecule has 14 heteroatoms. The lowest BCUT2D eigenvalue weighted by atomic mass is 9.84. The smallest absolute Gasteiger partial charge is 0.331 e. The average molecular weight is 622 g/mol. The van der Waals surface area contributed by atoms with Crippen molar-refractivity contribution < 1.29 is 24.6 Å². The fourth-order valence-electron chi connectivity index (χ4n) is 7.56. The van der Waals surface area contributed by atoms with E-state index in [9.17, 15) is 24.6 Å². The van der Waals surface area contributed by atoms with Crippen LogP contribution in [0.2, 0.25) is 0 Å². The number of nitrogens with zero attached hydrogens (tertiary/aromatic N) is 5. The molecule has 5 aliphatic rings. The van der Waals surface area contributed by atoms with E-state index in [1.807, 2.05) is 36.4 Å². The monoisotopic (exact) mass is 621 g/mol. The van der Waals surface area contributed by atoms with E-state index in [0.717, 1.165) is 27.2 Å². The molecule has 8 rings (SSSR count). The first kappa shape index (κ1) is 28.0. The first-order valence-corrected chi connectivity index (χ1v) is 14.9. The molecule has 4 atom stereocenters. The number of amides is 4. The first-order chi connectivity index (χ1) is 22.1. The van der Waals surface area contributed by atoms with Crippen molar-refractivity contribution in [3.05, 3.63) is 89.5 Å². The zero-order valence-corrected chi connectivity index (χ0v) is 24.5. The minimum absolute atomic E-state index is 0.0852. The number of nitrogens with two attached hydrogens (primary N) is 2. The van der Waals surface area contributed by atoms with Crippen LogP contribution in [-0.4, -0.2) is 99.0 Å². The summed E-state index contributed by atoms with van der Waals surface area (Å²) in [6.07, 6.45) is 0.574. The number of rotatable bonds is 5. The molecule has 1 unspecified atom stereocenters. The molecule has 0 aromatic heterocycles. The summed E-state index contributed by atoms with van der Waals surface area (Å²) in [6, 6.07) is 18.4. The quantitative estimate of drug-likeness (QED) is 0.125. The highest BCUT2D eigenvalue weighted by Crippen LogP contribution is 2.45. The minimum atomic E-state index is -2.67. The van der Waals surface area contributed by atoms with Gasteiger partial charge in [0, 0.05) is 17.8 Å². The van der Waals surface area contributed by atoms with E-state index in [0.29, 0.717) is 17.7 Å². The predicted molar refractivity (Wildman–Crippen MR) is 167 cm³/mol. The third-order valence-corrected chi connectivity index (χ3v) is 9.70. The number of nitrogens with one attached hydrogen (secondary N) is 2. The van der Waals surface area contributed by atoms with Gasteiger partial charge in [-0.2, -0.15) is 0 Å². The molecule has 46 heavy (non-hydrogen) atoms. The van der Waals surface area contributed by atoms with Gasteiger partial charge in [-0.05, 0) is 46.9 Å². The number of hydrogen-bond donors (Lipinski definition) is 6. The average Bonchev–Trinajstić information content (AvgIpc) is 3.75. The van der Waals surface area contributed by atoms with E-state index >= 15 is 0 Å². The van der Waals surface area contributed by atoms with E-state index in [2.05, 4.69) is 20.6 Å². The Kier molecular flexibility index (Phi) is 5.95. The zero-order chi connectivity index (χ0) is 32.0. The number of urea groups is 1. The summed E-state index contributed by atoms with van der Waals surface area (Å²) in [6.45, 7) is -0.525. The molecule has 0 saturated carbocycles. The summed E-state index contributed by atoms with van der Waals surface area (Å²) in [4.78, 5) is 53.0. The molecule has 0 radical (unpaired) electrons. The van der Waals surface area contributed by atoms with E-state index in [4.69, 9.17) is 11.5 Å². The topological polar surface area (TPSA) is 202 Å². The van der Waals surface area contributed by atoms with Crippen LogP contribution in [0.3, 0.4) is 0 Å². The molecule has 3 aromatic carbocycles. The Morgan fingerprint density at radius 1 is 0.978 bits per heavy atom. The number of hydrogen-bond acceptors (Lipinski definition) is 11. The van der Waals surface area contributed by atoms with E-state index in [1.54, 1.807) is 36.4 Å². The van der Waals surface area contributed by atoms with Crippen molar-refractivity contribution in [1.29, 1.82) is 0 Å². The normalized spacial score (nSPS) is 27.0. The van der Waals surface area contributed by atoms with Crippen LogP contribution in [0.5, 0.6) is 0 Å². The van der Waals surface area contributed by atoms with Gasteiger partial charge in [-0.15, -0.1) is 0 Å². The lowest BCUT2D eigenvalue weighted by Gasteiger charge is -2.49. The van der Waals surface area contributed by atoms with Gasteiger partial charge in [-0.3, -0.25) is 19.4 Å². The van der Waals surface area contributed by atoms with Gasteiger partial charge >= 0.3 is 6.03 Å². The molecule has 4 aliphatic heterocycles.